The van der Waals surface area contributed by atoms with E-state index in [9.17, 15) is 0 Å². The van der Waals surface area contributed by atoms with E-state index in [-0.39, 0.29) is 0 Å². The van der Waals surface area contributed by atoms with Crippen molar-refractivity contribution in [2.24, 2.45) is 0 Å². The van der Waals surface area contributed by atoms with E-state index in [1.165, 1.54) is 19.3 Å². The number of aromatic nitrogens is 7. The number of fused-ring (bicyclic) bond motifs is 2. The molecule has 1 fully saturated rings. The van der Waals surface area contributed by atoms with Crippen LogP contribution in [0, 0.1) is 0 Å². The van der Waals surface area contributed by atoms with Gasteiger partial charge in [-0.05, 0) is 43.5 Å². The molecule has 1 aliphatic rings. The lowest BCUT2D eigenvalue weighted by molar-refractivity contribution is 0.574. The van der Waals surface area contributed by atoms with Crippen LogP contribution >= 0.6 is 0 Å². The molecule has 0 radical (unpaired) electrons. The molecular weight excluding hydrogens is 376 g/mol. The standard InChI is InChI=1S/C22H20N8/c1-4-10-30(11-5-1)22-19-17(7-9-24-22)26-21(27-19)18-15-12-14(13-25-20(15)29-28-18)16-6-2-3-8-23-16/h2-3,6-9,12-13H,1,4-5,10-11H2,(H,26,27)(H,25,28,29). The first-order chi connectivity index (χ1) is 14.9. The third kappa shape index (κ3) is 2.80. The van der Waals surface area contributed by atoms with Gasteiger partial charge in [-0.2, -0.15) is 5.10 Å². The Morgan fingerprint density at radius 2 is 1.87 bits per heavy atom. The van der Waals surface area contributed by atoms with Crippen LogP contribution in [0.2, 0.25) is 0 Å². The van der Waals surface area contributed by atoms with Gasteiger partial charge in [0, 0.05) is 37.2 Å². The zero-order chi connectivity index (χ0) is 19.9. The quantitative estimate of drug-likeness (QED) is 0.479. The highest BCUT2D eigenvalue weighted by Crippen LogP contribution is 2.31. The predicted octanol–water partition coefficient (Wildman–Crippen LogP) is 3.95. The molecule has 8 heteroatoms. The molecule has 148 valence electrons. The first-order valence-corrected chi connectivity index (χ1v) is 10.2. The Labute approximate surface area is 172 Å². The van der Waals surface area contributed by atoms with Crippen molar-refractivity contribution in [2.75, 3.05) is 18.0 Å². The molecule has 0 amide bonds. The highest BCUT2D eigenvalue weighted by atomic mass is 15.2. The number of H-pyrrole nitrogens is 2. The number of hydrogen-bond donors (Lipinski definition) is 2. The van der Waals surface area contributed by atoms with E-state index in [1.54, 1.807) is 6.20 Å². The highest BCUT2D eigenvalue weighted by Gasteiger charge is 2.20. The van der Waals surface area contributed by atoms with Crippen LogP contribution in [0.5, 0.6) is 0 Å². The minimum Gasteiger partial charge on any atom is -0.355 e. The van der Waals surface area contributed by atoms with Crippen LogP contribution in [0.1, 0.15) is 19.3 Å². The van der Waals surface area contributed by atoms with Gasteiger partial charge in [0.15, 0.2) is 17.3 Å². The van der Waals surface area contributed by atoms with Gasteiger partial charge < -0.3 is 9.88 Å². The van der Waals surface area contributed by atoms with Crippen LogP contribution in [-0.2, 0) is 0 Å². The number of pyridine rings is 3. The Morgan fingerprint density at radius 3 is 2.73 bits per heavy atom. The molecule has 0 atom stereocenters. The summed E-state index contributed by atoms with van der Waals surface area (Å²) >= 11 is 0. The SMILES string of the molecule is c1ccc(-c2cnc3[nH]nc(-c4nc5c(N6CCCCC6)nccc5[nH]4)c3c2)nc1. The summed E-state index contributed by atoms with van der Waals surface area (Å²) in [4.78, 5) is 24.3. The van der Waals surface area contributed by atoms with Crippen LogP contribution in [0.25, 0.3) is 44.8 Å². The van der Waals surface area contributed by atoms with Gasteiger partial charge >= 0.3 is 0 Å². The largest absolute Gasteiger partial charge is 0.355 e. The van der Waals surface area contributed by atoms with E-state index in [0.29, 0.717) is 5.82 Å². The second-order valence-corrected chi connectivity index (χ2v) is 7.57. The lowest BCUT2D eigenvalue weighted by Crippen LogP contribution is -2.30. The van der Waals surface area contributed by atoms with Gasteiger partial charge in [-0.25, -0.2) is 15.0 Å². The third-order valence-corrected chi connectivity index (χ3v) is 5.64. The van der Waals surface area contributed by atoms with Gasteiger partial charge in [-0.3, -0.25) is 10.1 Å². The van der Waals surface area contributed by atoms with Crippen LogP contribution < -0.4 is 4.90 Å². The maximum Gasteiger partial charge on any atom is 0.159 e. The lowest BCUT2D eigenvalue weighted by atomic mass is 10.1. The molecule has 6 heterocycles. The smallest absolute Gasteiger partial charge is 0.159 e. The summed E-state index contributed by atoms with van der Waals surface area (Å²) in [6.45, 7) is 2.05. The maximum atomic E-state index is 4.90. The number of hydrogen-bond acceptors (Lipinski definition) is 6. The van der Waals surface area contributed by atoms with Gasteiger partial charge in [0.25, 0.3) is 0 Å². The lowest BCUT2D eigenvalue weighted by Gasteiger charge is -2.27. The molecule has 1 saturated heterocycles. The Balaban J connectivity index is 1.47. The van der Waals surface area contributed by atoms with E-state index in [4.69, 9.17) is 4.98 Å². The van der Waals surface area contributed by atoms with Crippen molar-refractivity contribution in [3.63, 3.8) is 0 Å². The molecule has 0 bridgehead atoms. The summed E-state index contributed by atoms with van der Waals surface area (Å²) < 4.78 is 0. The maximum absolute atomic E-state index is 4.90. The molecular formula is C22H20N8. The average Bonchev–Trinajstić information content (AvgIpc) is 3.43. The van der Waals surface area contributed by atoms with Gasteiger partial charge in [0.2, 0.25) is 0 Å². The minimum atomic E-state index is 0.711. The number of imidazole rings is 1. The zero-order valence-corrected chi connectivity index (χ0v) is 16.3. The molecule has 0 unspecified atom stereocenters. The Hall–Kier alpha value is -3.81. The van der Waals surface area contributed by atoms with Gasteiger partial charge in [0.05, 0.1) is 16.6 Å². The fourth-order valence-corrected chi connectivity index (χ4v) is 4.13. The normalized spacial score (nSPS) is 14.6. The zero-order valence-electron chi connectivity index (χ0n) is 16.3. The number of aromatic amines is 2. The van der Waals surface area contributed by atoms with E-state index in [0.717, 1.165) is 57.9 Å². The molecule has 0 aromatic carbocycles. The van der Waals surface area contributed by atoms with E-state index in [2.05, 4.69) is 41.1 Å². The topological polar surface area (TPSA) is 99.3 Å². The van der Waals surface area contributed by atoms with E-state index in [1.807, 2.05) is 36.7 Å². The summed E-state index contributed by atoms with van der Waals surface area (Å²) in [5.74, 6) is 1.66. The number of nitrogens with zero attached hydrogens (tertiary/aromatic N) is 6. The van der Waals surface area contributed by atoms with Crippen LogP contribution in [-0.4, -0.2) is 48.2 Å². The van der Waals surface area contributed by atoms with Crippen molar-refractivity contribution in [1.82, 2.24) is 35.1 Å². The number of rotatable bonds is 3. The van der Waals surface area contributed by atoms with E-state index >= 15 is 0 Å². The van der Waals surface area contributed by atoms with Crippen LogP contribution in [0.15, 0.2) is 48.9 Å². The number of anilines is 1. The second kappa shape index (κ2) is 6.91. The summed E-state index contributed by atoms with van der Waals surface area (Å²) in [6, 6.07) is 9.87. The Kier molecular flexibility index (Phi) is 3.93. The molecule has 1 aliphatic heterocycles. The molecule has 8 nitrogen and oxygen atoms in total. The van der Waals surface area contributed by atoms with Crippen LogP contribution in [0.3, 0.4) is 0 Å². The number of piperidine rings is 1. The van der Waals surface area contributed by atoms with Crippen LogP contribution in [0.4, 0.5) is 5.82 Å². The Bertz CT molecular complexity index is 1330. The van der Waals surface area contributed by atoms with Crippen molar-refractivity contribution in [3.8, 4) is 22.8 Å². The molecule has 0 aliphatic carbocycles. The first kappa shape index (κ1) is 17.1. The molecule has 5 aromatic rings. The average molecular weight is 396 g/mol. The van der Waals surface area contributed by atoms with Gasteiger partial charge in [0.1, 0.15) is 11.2 Å². The predicted molar refractivity (Wildman–Crippen MR) is 116 cm³/mol. The second-order valence-electron chi connectivity index (χ2n) is 7.57. The summed E-state index contributed by atoms with van der Waals surface area (Å²) in [5, 5.41) is 8.43. The molecule has 2 N–H and O–H groups in total. The molecule has 0 spiro atoms. The fraction of sp³-hybridized carbons (Fsp3) is 0.227. The van der Waals surface area contributed by atoms with Crippen molar-refractivity contribution in [1.29, 1.82) is 0 Å². The summed E-state index contributed by atoms with van der Waals surface area (Å²) in [5.41, 5.74) is 5.14. The first-order valence-electron chi connectivity index (χ1n) is 10.2. The Morgan fingerprint density at radius 1 is 0.933 bits per heavy atom. The van der Waals surface area contributed by atoms with Crippen molar-refractivity contribution < 1.29 is 0 Å². The van der Waals surface area contributed by atoms with E-state index < -0.39 is 0 Å². The van der Waals surface area contributed by atoms with Crippen molar-refractivity contribution in [3.05, 3.63) is 48.9 Å². The highest BCUT2D eigenvalue weighted by molar-refractivity contribution is 5.95. The summed E-state index contributed by atoms with van der Waals surface area (Å²) in [6.07, 6.45) is 9.11. The molecule has 30 heavy (non-hydrogen) atoms. The minimum absolute atomic E-state index is 0.711. The number of nitrogens with one attached hydrogen (secondary N) is 2. The third-order valence-electron chi connectivity index (χ3n) is 5.64. The fourth-order valence-electron chi connectivity index (χ4n) is 4.13. The summed E-state index contributed by atoms with van der Waals surface area (Å²) in [7, 11) is 0. The molecule has 6 rings (SSSR count). The van der Waals surface area contributed by atoms with Crippen molar-refractivity contribution in [2.45, 2.75) is 19.3 Å². The van der Waals surface area contributed by atoms with Gasteiger partial charge in [-0.15, -0.1) is 0 Å². The molecule has 0 saturated carbocycles. The van der Waals surface area contributed by atoms with Crippen molar-refractivity contribution >= 4 is 27.9 Å². The molecule has 5 aromatic heterocycles. The van der Waals surface area contributed by atoms with Gasteiger partial charge in [-0.1, -0.05) is 6.07 Å². The monoisotopic (exact) mass is 396 g/mol.